The van der Waals surface area contributed by atoms with Crippen LogP contribution in [0.1, 0.15) is 34.0 Å². The van der Waals surface area contributed by atoms with E-state index in [9.17, 15) is 18.0 Å². The van der Waals surface area contributed by atoms with Crippen molar-refractivity contribution in [3.63, 3.8) is 0 Å². The highest BCUT2D eigenvalue weighted by atomic mass is 32.2. The van der Waals surface area contributed by atoms with Crippen LogP contribution in [-0.4, -0.2) is 82.4 Å². The van der Waals surface area contributed by atoms with E-state index in [4.69, 9.17) is 9.47 Å². The smallest absolute Gasteiger partial charge is 0.254 e. The second-order valence-electron chi connectivity index (χ2n) is 8.75. The molecule has 9 nitrogen and oxygen atoms in total. The number of thiazole rings is 1. The first-order valence-corrected chi connectivity index (χ1v) is 14.7. The van der Waals surface area contributed by atoms with Crippen molar-refractivity contribution in [2.75, 3.05) is 52.3 Å². The molecule has 1 saturated heterocycles. The minimum Gasteiger partial charge on any atom is -0.384 e. The van der Waals surface area contributed by atoms with Gasteiger partial charge in [-0.2, -0.15) is 0 Å². The van der Waals surface area contributed by atoms with Crippen molar-refractivity contribution >= 4 is 43.2 Å². The zero-order chi connectivity index (χ0) is 26.4. The molecule has 11 heteroatoms. The van der Waals surface area contributed by atoms with Crippen LogP contribution in [0.25, 0.3) is 21.3 Å². The molecule has 1 aromatic heterocycles. The lowest BCUT2D eigenvalue weighted by molar-refractivity contribution is -0.120. The van der Waals surface area contributed by atoms with Crippen LogP contribution < -0.4 is 5.32 Å². The van der Waals surface area contributed by atoms with E-state index in [0.29, 0.717) is 50.3 Å². The van der Waals surface area contributed by atoms with E-state index in [-0.39, 0.29) is 23.3 Å². The maximum atomic E-state index is 13.0. The Balaban J connectivity index is 1.60. The maximum Gasteiger partial charge on any atom is 0.254 e. The second-order valence-corrected chi connectivity index (χ2v) is 12.0. The molecule has 1 fully saturated rings. The number of ether oxygens (including phenoxy) is 2. The van der Waals surface area contributed by atoms with Crippen molar-refractivity contribution in [1.29, 1.82) is 0 Å². The fourth-order valence-electron chi connectivity index (χ4n) is 4.08. The number of fused-ring (bicyclic) bond motifs is 1. The van der Waals surface area contributed by atoms with Gasteiger partial charge in [0.15, 0.2) is 15.1 Å². The van der Waals surface area contributed by atoms with Gasteiger partial charge in [0.25, 0.3) is 5.91 Å². The fraction of sp³-hybridized carbons (Fsp3) is 0.423. The largest absolute Gasteiger partial charge is 0.384 e. The Morgan fingerprint density at radius 2 is 1.84 bits per heavy atom. The lowest BCUT2D eigenvalue weighted by Gasteiger charge is -2.26. The number of amides is 2. The SMILES string of the molecule is CCCNC(=O)C(c1nc2ccc(-c3ccc(C(=O)N4CCOCC4)cc3)cc2s1)S(=O)(=O)CCOC. The number of morpholine rings is 1. The number of methoxy groups -OCH3 is 1. The van der Waals surface area contributed by atoms with Crippen LogP contribution in [0.2, 0.25) is 0 Å². The van der Waals surface area contributed by atoms with Gasteiger partial charge in [0, 0.05) is 32.3 Å². The van der Waals surface area contributed by atoms with Gasteiger partial charge in [-0.3, -0.25) is 9.59 Å². The number of nitrogens with one attached hydrogen (secondary N) is 1. The number of benzene rings is 2. The van der Waals surface area contributed by atoms with Gasteiger partial charge in [-0.15, -0.1) is 11.3 Å². The predicted octanol–water partition coefficient (Wildman–Crippen LogP) is 3.06. The van der Waals surface area contributed by atoms with E-state index in [1.807, 2.05) is 49.4 Å². The molecule has 2 heterocycles. The summed E-state index contributed by atoms with van der Waals surface area (Å²) in [4.78, 5) is 31.9. The highest BCUT2D eigenvalue weighted by molar-refractivity contribution is 7.92. The Morgan fingerprint density at radius 3 is 2.51 bits per heavy atom. The molecular formula is C26H31N3O6S2. The van der Waals surface area contributed by atoms with Crippen LogP contribution >= 0.6 is 11.3 Å². The topological polar surface area (TPSA) is 115 Å². The van der Waals surface area contributed by atoms with Gasteiger partial charge < -0.3 is 19.7 Å². The van der Waals surface area contributed by atoms with Gasteiger partial charge in [0.1, 0.15) is 5.01 Å². The van der Waals surface area contributed by atoms with Crippen LogP contribution in [-0.2, 0) is 24.1 Å². The van der Waals surface area contributed by atoms with Crippen molar-refractivity contribution in [3.8, 4) is 11.1 Å². The van der Waals surface area contributed by atoms with Gasteiger partial charge in [-0.05, 0) is 41.8 Å². The number of rotatable bonds is 10. The minimum absolute atomic E-state index is 0.00102. The number of carbonyl (C=O) groups excluding carboxylic acids is 2. The highest BCUT2D eigenvalue weighted by Crippen LogP contribution is 2.34. The molecule has 0 saturated carbocycles. The molecule has 1 aliphatic heterocycles. The molecule has 0 bridgehead atoms. The maximum absolute atomic E-state index is 13.0. The van der Waals surface area contributed by atoms with E-state index >= 15 is 0 Å². The Hall–Kier alpha value is -2.86. The number of sulfone groups is 1. The Morgan fingerprint density at radius 1 is 1.14 bits per heavy atom. The predicted molar refractivity (Wildman–Crippen MR) is 143 cm³/mol. The average Bonchev–Trinajstić information content (AvgIpc) is 3.33. The van der Waals surface area contributed by atoms with E-state index in [0.717, 1.165) is 15.8 Å². The molecule has 0 radical (unpaired) electrons. The van der Waals surface area contributed by atoms with Crippen LogP contribution in [0.5, 0.6) is 0 Å². The standard InChI is InChI=1S/C26H31N3O6S2/c1-3-10-27-24(30)23(37(32,33)16-15-34-2)25-28-21-9-8-20(17-22(21)36-25)18-4-6-19(7-5-18)26(31)29-11-13-35-14-12-29/h4-9,17,23H,3,10-16H2,1-2H3,(H,27,30). The van der Waals surface area contributed by atoms with Crippen molar-refractivity contribution < 1.29 is 27.5 Å². The van der Waals surface area contributed by atoms with E-state index in [1.165, 1.54) is 18.4 Å². The molecule has 2 amide bonds. The lowest BCUT2D eigenvalue weighted by Crippen LogP contribution is -2.40. The average molecular weight is 546 g/mol. The van der Waals surface area contributed by atoms with E-state index in [2.05, 4.69) is 10.3 Å². The molecule has 1 atom stereocenters. The number of nitrogens with zero attached hydrogens (tertiary/aromatic N) is 2. The van der Waals surface area contributed by atoms with Crippen LogP contribution in [0.3, 0.4) is 0 Å². The molecular weight excluding hydrogens is 514 g/mol. The highest BCUT2D eigenvalue weighted by Gasteiger charge is 2.36. The number of hydrogen-bond donors (Lipinski definition) is 1. The third kappa shape index (κ3) is 6.35. The number of aromatic nitrogens is 1. The van der Waals surface area contributed by atoms with Crippen LogP contribution in [0, 0.1) is 0 Å². The van der Waals surface area contributed by atoms with Crippen molar-refractivity contribution in [1.82, 2.24) is 15.2 Å². The summed E-state index contributed by atoms with van der Waals surface area (Å²) < 4.78 is 37.1. The Bertz CT molecular complexity index is 1350. The third-order valence-electron chi connectivity index (χ3n) is 6.11. The monoisotopic (exact) mass is 545 g/mol. The van der Waals surface area contributed by atoms with Crippen LogP contribution in [0.4, 0.5) is 0 Å². The first kappa shape index (κ1) is 27.2. The minimum atomic E-state index is -3.83. The molecule has 198 valence electrons. The molecule has 1 N–H and O–H groups in total. The third-order valence-corrected chi connectivity index (χ3v) is 9.23. The summed E-state index contributed by atoms with van der Waals surface area (Å²) in [6.45, 7) is 4.56. The number of hydrogen-bond acceptors (Lipinski definition) is 8. The van der Waals surface area contributed by atoms with Gasteiger partial charge in [0.2, 0.25) is 5.91 Å². The second kappa shape index (κ2) is 12.1. The summed E-state index contributed by atoms with van der Waals surface area (Å²) in [6.07, 6.45) is 0.691. The summed E-state index contributed by atoms with van der Waals surface area (Å²) in [7, 11) is -2.41. The summed E-state index contributed by atoms with van der Waals surface area (Å²) in [5.41, 5.74) is 3.06. The zero-order valence-corrected chi connectivity index (χ0v) is 22.6. The van der Waals surface area contributed by atoms with Gasteiger partial charge in [-0.1, -0.05) is 25.1 Å². The molecule has 0 aliphatic carbocycles. The van der Waals surface area contributed by atoms with Gasteiger partial charge in [0.05, 0.1) is 35.8 Å². The molecule has 1 unspecified atom stereocenters. The summed E-state index contributed by atoms with van der Waals surface area (Å²) in [5, 5.41) is 1.55. The number of carbonyl (C=O) groups is 2. The van der Waals surface area contributed by atoms with E-state index < -0.39 is 21.0 Å². The Kier molecular flexibility index (Phi) is 8.91. The van der Waals surface area contributed by atoms with Crippen molar-refractivity contribution in [2.45, 2.75) is 18.6 Å². The van der Waals surface area contributed by atoms with Crippen LogP contribution in [0.15, 0.2) is 42.5 Å². The summed E-state index contributed by atoms with van der Waals surface area (Å²) in [5.74, 6) is -0.859. The van der Waals surface area contributed by atoms with Gasteiger partial charge in [-0.25, -0.2) is 13.4 Å². The van der Waals surface area contributed by atoms with E-state index in [1.54, 1.807) is 4.90 Å². The first-order chi connectivity index (χ1) is 17.8. The van der Waals surface area contributed by atoms with Crippen molar-refractivity contribution in [3.05, 3.63) is 53.0 Å². The zero-order valence-electron chi connectivity index (χ0n) is 20.9. The molecule has 4 rings (SSSR count). The molecule has 0 spiro atoms. The van der Waals surface area contributed by atoms with Gasteiger partial charge >= 0.3 is 0 Å². The molecule has 1 aliphatic rings. The Labute approximate surface area is 220 Å². The fourth-order valence-corrected chi connectivity index (χ4v) is 7.05. The quantitative estimate of drug-likeness (QED) is 0.416. The normalized spacial score (nSPS) is 15.0. The van der Waals surface area contributed by atoms with Crippen molar-refractivity contribution in [2.24, 2.45) is 0 Å². The molecule has 3 aromatic rings. The molecule has 37 heavy (non-hydrogen) atoms. The lowest BCUT2D eigenvalue weighted by atomic mass is 10.0. The summed E-state index contributed by atoms with van der Waals surface area (Å²) in [6, 6.07) is 13.1. The summed E-state index contributed by atoms with van der Waals surface area (Å²) >= 11 is 1.20. The molecule has 2 aromatic carbocycles. The first-order valence-electron chi connectivity index (χ1n) is 12.2.